The van der Waals surface area contributed by atoms with Crippen molar-refractivity contribution >= 4 is 5.82 Å². The molecule has 0 amide bonds. The van der Waals surface area contributed by atoms with Gasteiger partial charge in [-0.3, -0.25) is 0 Å². The largest absolute Gasteiger partial charge is 0.358 e. The van der Waals surface area contributed by atoms with Crippen LogP contribution in [0.1, 0.15) is 5.69 Å². The van der Waals surface area contributed by atoms with Crippen LogP contribution in [-0.4, -0.2) is 14.7 Å². The van der Waals surface area contributed by atoms with Gasteiger partial charge in [0.15, 0.2) is 5.69 Å². The molecule has 0 aliphatic heterocycles. The Bertz CT molecular complexity index is 491. The second kappa shape index (κ2) is 3.53. The van der Waals surface area contributed by atoms with Gasteiger partial charge in [-0.25, -0.2) is 0 Å². The molecule has 1 heterocycles. The molecule has 1 aromatic carbocycles. The van der Waals surface area contributed by atoms with E-state index in [1.54, 1.807) is 19.1 Å². The zero-order valence-electron chi connectivity index (χ0n) is 8.12. The van der Waals surface area contributed by atoms with E-state index in [-0.39, 0.29) is 5.82 Å². The van der Waals surface area contributed by atoms with Crippen molar-refractivity contribution in [1.82, 2.24) is 9.78 Å². The number of hydrogen-bond acceptors (Lipinski definition) is 3. The van der Waals surface area contributed by atoms with E-state index in [2.05, 4.69) is 5.10 Å². The molecule has 0 fully saturated rings. The van der Waals surface area contributed by atoms with Gasteiger partial charge in [0.1, 0.15) is 0 Å². The van der Waals surface area contributed by atoms with Gasteiger partial charge in [0.05, 0.1) is 11.8 Å². The lowest BCUT2D eigenvalue weighted by Crippen LogP contribution is -2.01. The van der Waals surface area contributed by atoms with Crippen LogP contribution in [0.4, 0.5) is 5.82 Å². The van der Waals surface area contributed by atoms with Crippen LogP contribution in [0.5, 0.6) is 0 Å². The molecular weight excluding hydrogens is 194 g/mol. The highest BCUT2D eigenvalue weighted by atomic mass is 16.6. The lowest BCUT2D eigenvalue weighted by Gasteiger charge is -1.97. The highest BCUT2D eigenvalue weighted by molar-refractivity contribution is 5.38. The van der Waals surface area contributed by atoms with E-state index in [4.69, 9.17) is 0 Å². The smallest absolute Gasteiger partial charge is 0.350 e. The lowest BCUT2D eigenvalue weighted by molar-refractivity contribution is -0.391. The Morgan fingerprint density at radius 3 is 2.60 bits per heavy atom. The molecule has 0 aliphatic rings. The zero-order chi connectivity index (χ0) is 10.8. The Morgan fingerprint density at radius 1 is 1.33 bits per heavy atom. The van der Waals surface area contributed by atoms with Gasteiger partial charge in [0.25, 0.3) is 0 Å². The van der Waals surface area contributed by atoms with Gasteiger partial charge >= 0.3 is 5.82 Å². The third-order valence-corrected chi connectivity index (χ3v) is 2.00. The van der Waals surface area contributed by atoms with Crippen molar-refractivity contribution in [2.45, 2.75) is 6.92 Å². The molecule has 0 saturated heterocycles. The van der Waals surface area contributed by atoms with Gasteiger partial charge in [-0.1, -0.05) is 28.0 Å². The summed E-state index contributed by atoms with van der Waals surface area (Å²) in [6.45, 7) is 1.73. The van der Waals surface area contributed by atoms with Crippen molar-refractivity contribution in [1.29, 1.82) is 0 Å². The quantitative estimate of drug-likeness (QED) is 0.554. The minimum absolute atomic E-state index is 0.0151. The number of aryl methyl sites for hydroxylation is 1. The Balaban J connectivity index is 2.58. The van der Waals surface area contributed by atoms with E-state index in [1.165, 1.54) is 10.7 Å². The molecule has 1 aromatic heterocycles. The molecule has 0 atom stereocenters. The zero-order valence-corrected chi connectivity index (χ0v) is 8.12. The summed E-state index contributed by atoms with van der Waals surface area (Å²) in [6, 6.07) is 10.5. The Kier molecular flexibility index (Phi) is 2.21. The third kappa shape index (κ3) is 1.71. The van der Waals surface area contributed by atoms with Crippen LogP contribution in [-0.2, 0) is 0 Å². The van der Waals surface area contributed by atoms with Crippen LogP contribution in [0, 0.1) is 17.0 Å². The summed E-state index contributed by atoms with van der Waals surface area (Å²) in [5, 5.41) is 14.8. The number of nitro groups is 1. The third-order valence-electron chi connectivity index (χ3n) is 2.00. The second-order valence-corrected chi connectivity index (χ2v) is 3.15. The fourth-order valence-electron chi connectivity index (χ4n) is 1.38. The minimum Gasteiger partial charge on any atom is -0.358 e. The van der Waals surface area contributed by atoms with Crippen LogP contribution in [0.2, 0.25) is 0 Å². The number of rotatable bonds is 2. The molecule has 15 heavy (non-hydrogen) atoms. The van der Waals surface area contributed by atoms with Gasteiger partial charge in [0, 0.05) is 0 Å². The Morgan fingerprint density at radius 2 is 2.00 bits per heavy atom. The van der Waals surface area contributed by atoms with E-state index < -0.39 is 4.92 Å². The van der Waals surface area contributed by atoms with Crippen LogP contribution in [0.3, 0.4) is 0 Å². The maximum Gasteiger partial charge on any atom is 0.350 e. The van der Waals surface area contributed by atoms with Crippen molar-refractivity contribution < 1.29 is 4.92 Å². The SMILES string of the molecule is Cc1cc([N+](=O)[O-])n(-c2ccccc2)n1. The highest BCUT2D eigenvalue weighted by Crippen LogP contribution is 2.18. The Labute approximate surface area is 86.1 Å². The molecular formula is C10H9N3O2. The van der Waals surface area contributed by atoms with Crippen molar-refractivity contribution in [2.24, 2.45) is 0 Å². The maximum absolute atomic E-state index is 10.8. The first kappa shape index (κ1) is 9.39. The van der Waals surface area contributed by atoms with Gasteiger partial charge in [-0.2, -0.15) is 0 Å². The standard InChI is InChI=1S/C10H9N3O2/c1-8-7-10(13(14)15)12(11-8)9-5-3-2-4-6-9/h2-7H,1H3. The number of aromatic nitrogens is 2. The first-order valence-corrected chi connectivity index (χ1v) is 4.45. The molecule has 2 rings (SSSR count). The molecule has 0 radical (unpaired) electrons. The summed E-state index contributed by atoms with van der Waals surface area (Å²) in [5.74, 6) is -0.0151. The lowest BCUT2D eigenvalue weighted by atomic mass is 10.3. The summed E-state index contributed by atoms with van der Waals surface area (Å²) in [5.41, 5.74) is 1.32. The summed E-state index contributed by atoms with van der Waals surface area (Å²) in [6.07, 6.45) is 0. The van der Waals surface area contributed by atoms with E-state index in [1.807, 2.05) is 18.2 Å². The average Bonchev–Trinajstić information content (AvgIpc) is 2.62. The fourth-order valence-corrected chi connectivity index (χ4v) is 1.38. The first-order valence-electron chi connectivity index (χ1n) is 4.45. The fraction of sp³-hybridized carbons (Fsp3) is 0.100. The highest BCUT2D eigenvalue weighted by Gasteiger charge is 2.17. The summed E-state index contributed by atoms with van der Waals surface area (Å²) in [7, 11) is 0. The van der Waals surface area contributed by atoms with E-state index >= 15 is 0 Å². The molecule has 5 heteroatoms. The average molecular weight is 203 g/mol. The predicted octanol–water partition coefficient (Wildman–Crippen LogP) is 2.09. The van der Waals surface area contributed by atoms with E-state index in [0.29, 0.717) is 11.4 Å². The molecule has 5 nitrogen and oxygen atoms in total. The summed E-state index contributed by atoms with van der Waals surface area (Å²) >= 11 is 0. The summed E-state index contributed by atoms with van der Waals surface area (Å²) in [4.78, 5) is 10.3. The number of para-hydroxylation sites is 1. The monoisotopic (exact) mass is 203 g/mol. The molecule has 0 spiro atoms. The molecule has 0 saturated carbocycles. The maximum atomic E-state index is 10.8. The van der Waals surface area contributed by atoms with Crippen LogP contribution in [0.15, 0.2) is 36.4 Å². The van der Waals surface area contributed by atoms with Gasteiger partial charge < -0.3 is 10.1 Å². The molecule has 76 valence electrons. The predicted molar refractivity (Wildman–Crippen MR) is 55.0 cm³/mol. The van der Waals surface area contributed by atoms with E-state index in [9.17, 15) is 10.1 Å². The minimum atomic E-state index is -0.437. The van der Waals surface area contributed by atoms with E-state index in [0.717, 1.165) is 0 Å². The molecule has 0 aliphatic carbocycles. The molecule has 0 unspecified atom stereocenters. The normalized spacial score (nSPS) is 10.2. The topological polar surface area (TPSA) is 61.0 Å². The number of hydrogen-bond donors (Lipinski definition) is 0. The van der Waals surface area contributed by atoms with Crippen molar-refractivity contribution in [3.8, 4) is 5.69 Å². The molecule has 0 bridgehead atoms. The van der Waals surface area contributed by atoms with Crippen LogP contribution in [0.25, 0.3) is 5.69 Å². The van der Waals surface area contributed by atoms with Gasteiger partial charge in [-0.15, -0.1) is 0 Å². The number of benzene rings is 1. The summed E-state index contributed by atoms with van der Waals surface area (Å²) < 4.78 is 1.33. The first-order chi connectivity index (χ1) is 7.18. The van der Waals surface area contributed by atoms with Gasteiger partial charge in [0.2, 0.25) is 0 Å². The van der Waals surface area contributed by atoms with Crippen molar-refractivity contribution in [3.63, 3.8) is 0 Å². The molecule has 2 aromatic rings. The van der Waals surface area contributed by atoms with Crippen LogP contribution < -0.4 is 0 Å². The van der Waals surface area contributed by atoms with Crippen molar-refractivity contribution in [3.05, 3.63) is 52.2 Å². The van der Waals surface area contributed by atoms with Crippen LogP contribution >= 0.6 is 0 Å². The number of nitrogens with zero attached hydrogens (tertiary/aromatic N) is 3. The van der Waals surface area contributed by atoms with Gasteiger partial charge in [-0.05, 0) is 24.0 Å². The molecule has 0 N–H and O–H groups in total. The van der Waals surface area contributed by atoms with Crippen molar-refractivity contribution in [2.75, 3.05) is 0 Å². The Hall–Kier alpha value is -2.17. The second-order valence-electron chi connectivity index (χ2n) is 3.15.